The zero-order valence-corrected chi connectivity index (χ0v) is 12.5. The molecule has 7 heteroatoms. The number of sulfonamides is 1. The molecule has 2 aromatic rings. The van der Waals surface area contributed by atoms with Crippen molar-refractivity contribution in [3.63, 3.8) is 0 Å². The van der Waals surface area contributed by atoms with E-state index < -0.39 is 10.0 Å². The first-order chi connectivity index (χ1) is 10.1. The first kappa shape index (κ1) is 15.6. The quantitative estimate of drug-likeness (QED) is 0.831. The maximum absolute atomic E-state index is 11.7. The lowest BCUT2D eigenvalue weighted by molar-refractivity contribution is 0.217. The molecule has 0 atom stereocenters. The fourth-order valence-electron chi connectivity index (χ4n) is 1.68. The van der Waals surface area contributed by atoms with Gasteiger partial charge in [0.15, 0.2) is 0 Å². The number of pyridine rings is 2. The van der Waals surface area contributed by atoms with E-state index in [4.69, 9.17) is 4.74 Å². The van der Waals surface area contributed by atoms with Crippen LogP contribution in [0.15, 0.2) is 42.6 Å². The van der Waals surface area contributed by atoms with Crippen molar-refractivity contribution in [2.24, 2.45) is 0 Å². The summed E-state index contributed by atoms with van der Waals surface area (Å²) in [6.07, 6.45) is 1.69. The van der Waals surface area contributed by atoms with Gasteiger partial charge in [0.2, 0.25) is 10.0 Å². The van der Waals surface area contributed by atoms with E-state index in [1.165, 1.54) is 7.11 Å². The third-order valence-electron chi connectivity index (χ3n) is 2.76. The van der Waals surface area contributed by atoms with Crippen molar-refractivity contribution in [1.29, 1.82) is 0 Å². The lowest BCUT2D eigenvalue weighted by Gasteiger charge is -2.07. The fourth-order valence-corrected chi connectivity index (χ4v) is 2.58. The van der Waals surface area contributed by atoms with Crippen LogP contribution < -0.4 is 4.72 Å². The van der Waals surface area contributed by atoms with Crippen LogP contribution in [0.5, 0.6) is 0 Å². The van der Waals surface area contributed by atoms with Crippen LogP contribution in [0.25, 0.3) is 11.4 Å². The van der Waals surface area contributed by atoms with Gasteiger partial charge in [-0.25, -0.2) is 18.1 Å². The number of rotatable bonds is 7. The molecule has 6 nitrogen and oxygen atoms in total. The third-order valence-corrected chi connectivity index (χ3v) is 4.05. The minimum Gasteiger partial charge on any atom is -0.384 e. The summed E-state index contributed by atoms with van der Waals surface area (Å²) in [6, 6.07) is 11.0. The van der Waals surface area contributed by atoms with Crippen molar-refractivity contribution in [3.8, 4) is 11.4 Å². The number of nitrogens with one attached hydrogen (secondary N) is 1. The molecule has 21 heavy (non-hydrogen) atoms. The summed E-state index contributed by atoms with van der Waals surface area (Å²) in [6.45, 7) is 0.309. The number of nitrogens with zero attached hydrogens (tertiary/aromatic N) is 2. The molecule has 0 radical (unpaired) electrons. The van der Waals surface area contributed by atoms with Gasteiger partial charge in [-0.2, -0.15) is 0 Å². The lowest BCUT2D eigenvalue weighted by Crippen LogP contribution is -2.28. The molecule has 0 unspecified atom stereocenters. The average Bonchev–Trinajstić information content (AvgIpc) is 2.52. The minimum absolute atomic E-state index is 0.0660. The maximum Gasteiger partial charge on any atom is 0.214 e. The van der Waals surface area contributed by atoms with Crippen molar-refractivity contribution >= 4 is 10.0 Å². The summed E-state index contributed by atoms with van der Waals surface area (Å²) in [4.78, 5) is 8.63. The summed E-state index contributed by atoms with van der Waals surface area (Å²) in [7, 11) is -1.88. The largest absolute Gasteiger partial charge is 0.384 e. The predicted octanol–water partition coefficient (Wildman–Crippen LogP) is 1.21. The minimum atomic E-state index is -3.35. The molecule has 0 bridgehead atoms. The molecule has 0 aliphatic heterocycles. The second-order valence-corrected chi connectivity index (χ2v) is 6.29. The molecule has 0 saturated carbocycles. The van der Waals surface area contributed by atoms with Gasteiger partial charge in [0.25, 0.3) is 0 Å². The normalized spacial score (nSPS) is 11.5. The van der Waals surface area contributed by atoms with Crippen LogP contribution in [0, 0.1) is 0 Å². The van der Waals surface area contributed by atoms with E-state index in [1.807, 2.05) is 30.3 Å². The Bertz CT molecular complexity index is 675. The molecular formula is C14H17N3O3S. The van der Waals surface area contributed by atoms with E-state index in [1.54, 1.807) is 12.3 Å². The van der Waals surface area contributed by atoms with Gasteiger partial charge in [0.05, 0.1) is 36.0 Å². The Kier molecular flexibility index (Phi) is 5.38. The molecule has 1 N–H and O–H groups in total. The molecule has 0 amide bonds. The van der Waals surface area contributed by atoms with Crippen LogP contribution in [0.3, 0.4) is 0 Å². The number of aromatic nitrogens is 2. The fraction of sp³-hybridized carbons (Fsp3) is 0.286. The zero-order chi connectivity index (χ0) is 15.1. The van der Waals surface area contributed by atoms with Crippen molar-refractivity contribution in [3.05, 3.63) is 48.3 Å². The molecule has 0 aliphatic rings. The molecule has 0 spiro atoms. The first-order valence-electron chi connectivity index (χ1n) is 6.44. The van der Waals surface area contributed by atoms with Crippen LogP contribution >= 0.6 is 0 Å². The maximum atomic E-state index is 11.7. The highest BCUT2D eigenvalue weighted by molar-refractivity contribution is 7.89. The van der Waals surface area contributed by atoms with Gasteiger partial charge in [-0.15, -0.1) is 0 Å². The Morgan fingerprint density at radius 1 is 1.14 bits per heavy atom. The van der Waals surface area contributed by atoms with E-state index in [2.05, 4.69) is 14.7 Å². The molecular weight excluding hydrogens is 290 g/mol. The van der Waals surface area contributed by atoms with Gasteiger partial charge >= 0.3 is 0 Å². The average molecular weight is 307 g/mol. The van der Waals surface area contributed by atoms with Crippen molar-refractivity contribution in [2.75, 3.05) is 19.5 Å². The van der Waals surface area contributed by atoms with Gasteiger partial charge in [0.1, 0.15) is 0 Å². The van der Waals surface area contributed by atoms with Crippen LogP contribution in [-0.2, 0) is 21.3 Å². The molecule has 0 fully saturated rings. The number of methoxy groups -OCH3 is 1. The molecule has 2 heterocycles. The SMILES string of the molecule is COCCS(=O)(=O)NCc1cccc(-c2ccccn2)n1. The van der Waals surface area contributed by atoms with Gasteiger partial charge in [-0.05, 0) is 24.3 Å². The Morgan fingerprint density at radius 3 is 2.67 bits per heavy atom. The predicted molar refractivity (Wildman–Crippen MR) is 80.0 cm³/mol. The van der Waals surface area contributed by atoms with Crippen molar-refractivity contribution in [1.82, 2.24) is 14.7 Å². The van der Waals surface area contributed by atoms with E-state index in [0.29, 0.717) is 11.4 Å². The molecule has 0 aromatic carbocycles. The van der Waals surface area contributed by atoms with Crippen LogP contribution in [0.2, 0.25) is 0 Å². The lowest BCUT2D eigenvalue weighted by atomic mass is 10.2. The van der Waals surface area contributed by atoms with Crippen molar-refractivity contribution < 1.29 is 13.2 Å². The van der Waals surface area contributed by atoms with Gasteiger partial charge in [-0.1, -0.05) is 12.1 Å². The zero-order valence-electron chi connectivity index (χ0n) is 11.7. The highest BCUT2D eigenvalue weighted by atomic mass is 32.2. The summed E-state index contributed by atoms with van der Waals surface area (Å²) in [5, 5.41) is 0. The highest BCUT2D eigenvalue weighted by Gasteiger charge is 2.10. The monoisotopic (exact) mass is 307 g/mol. The Labute approximate surface area is 124 Å². The smallest absolute Gasteiger partial charge is 0.214 e. The van der Waals surface area contributed by atoms with E-state index in [9.17, 15) is 8.42 Å². The first-order valence-corrected chi connectivity index (χ1v) is 8.09. The summed E-state index contributed by atoms with van der Waals surface area (Å²) < 4.78 is 30.6. The highest BCUT2D eigenvalue weighted by Crippen LogP contribution is 2.13. The Hall–Kier alpha value is -1.83. The topological polar surface area (TPSA) is 81.2 Å². The standard InChI is InChI=1S/C14H17N3O3S/c1-20-9-10-21(18,19)16-11-12-5-4-7-14(17-12)13-6-2-3-8-15-13/h2-8,16H,9-11H2,1H3. The molecule has 112 valence electrons. The number of hydrogen-bond acceptors (Lipinski definition) is 5. The molecule has 2 aromatic heterocycles. The summed E-state index contributed by atoms with van der Waals surface area (Å²) >= 11 is 0. The Balaban J connectivity index is 2.05. The van der Waals surface area contributed by atoms with Gasteiger partial charge in [0, 0.05) is 13.3 Å². The Morgan fingerprint density at radius 2 is 1.95 bits per heavy atom. The van der Waals surface area contributed by atoms with Crippen LogP contribution in [0.1, 0.15) is 5.69 Å². The molecule has 2 rings (SSSR count). The third kappa shape index (κ3) is 4.89. The molecule has 0 saturated heterocycles. The number of hydrogen-bond donors (Lipinski definition) is 1. The second-order valence-electron chi connectivity index (χ2n) is 4.36. The summed E-state index contributed by atoms with van der Waals surface area (Å²) in [5.41, 5.74) is 2.10. The van der Waals surface area contributed by atoms with Crippen LogP contribution in [0.4, 0.5) is 0 Å². The van der Waals surface area contributed by atoms with Gasteiger partial charge < -0.3 is 4.74 Å². The van der Waals surface area contributed by atoms with Gasteiger partial charge in [-0.3, -0.25) is 4.98 Å². The van der Waals surface area contributed by atoms with E-state index in [0.717, 1.165) is 5.69 Å². The second kappa shape index (κ2) is 7.26. The summed E-state index contributed by atoms with van der Waals surface area (Å²) in [5.74, 6) is -0.0660. The van der Waals surface area contributed by atoms with E-state index >= 15 is 0 Å². The molecule has 0 aliphatic carbocycles. The van der Waals surface area contributed by atoms with E-state index in [-0.39, 0.29) is 18.9 Å². The number of ether oxygens (including phenoxy) is 1. The van der Waals surface area contributed by atoms with Crippen molar-refractivity contribution in [2.45, 2.75) is 6.54 Å². The van der Waals surface area contributed by atoms with Crippen LogP contribution in [-0.4, -0.2) is 37.9 Å².